The average Bonchev–Trinajstić information content (AvgIpc) is 2.77. The lowest BCUT2D eigenvalue weighted by atomic mass is 10.1. The van der Waals surface area contributed by atoms with Crippen molar-refractivity contribution in [3.05, 3.63) is 24.0 Å². The van der Waals surface area contributed by atoms with Crippen molar-refractivity contribution < 1.29 is 5.11 Å². The van der Waals surface area contributed by atoms with E-state index < -0.39 is 0 Å². The summed E-state index contributed by atoms with van der Waals surface area (Å²) in [6.07, 6.45) is 2.82. The number of nitrogens with zero attached hydrogens (tertiary/aromatic N) is 2. The lowest BCUT2D eigenvalue weighted by Crippen LogP contribution is -2.21. The highest BCUT2D eigenvalue weighted by atomic mass is 32.1. The summed E-state index contributed by atoms with van der Waals surface area (Å²) >= 11 is 4.85. The number of pyridine rings is 1. The van der Waals surface area contributed by atoms with E-state index in [1.54, 1.807) is 6.20 Å². The Morgan fingerprint density at radius 1 is 1.62 bits per heavy atom. The molecule has 1 unspecified atom stereocenters. The molecule has 0 bridgehead atoms. The van der Waals surface area contributed by atoms with Gasteiger partial charge in [-0.2, -0.15) is 0 Å². The fraction of sp³-hybridized carbons (Fsp3) is 0.455. The van der Waals surface area contributed by atoms with E-state index in [1.807, 2.05) is 12.1 Å². The van der Waals surface area contributed by atoms with Gasteiger partial charge in [-0.1, -0.05) is 12.2 Å². The molecule has 0 radical (unpaired) electrons. The van der Waals surface area contributed by atoms with Crippen LogP contribution >= 0.6 is 12.2 Å². The van der Waals surface area contributed by atoms with Crippen LogP contribution in [0.4, 0.5) is 5.69 Å². The Morgan fingerprint density at radius 3 is 2.94 bits per heavy atom. The minimum absolute atomic E-state index is 0.259. The summed E-state index contributed by atoms with van der Waals surface area (Å²) in [4.78, 5) is 6.74. The molecule has 0 aromatic carbocycles. The molecule has 1 fully saturated rings. The molecule has 86 valence electrons. The third kappa shape index (κ3) is 2.31. The number of aromatic nitrogens is 1. The molecule has 0 aliphatic carbocycles. The zero-order valence-electron chi connectivity index (χ0n) is 8.97. The highest BCUT2D eigenvalue weighted by molar-refractivity contribution is 7.80. The van der Waals surface area contributed by atoms with Gasteiger partial charge in [0.25, 0.3) is 0 Å². The maximum Gasteiger partial charge on any atom is 0.122 e. The largest absolute Gasteiger partial charge is 0.396 e. The third-order valence-electron chi connectivity index (χ3n) is 2.91. The van der Waals surface area contributed by atoms with Gasteiger partial charge in [0.05, 0.1) is 17.6 Å². The van der Waals surface area contributed by atoms with Gasteiger partial charge in [-0.05, 0) is 18.6 Å². The van der Waals surface area contributed by atoms with Crippen LogP contribution in [0.2, 0.25) is 0 Å². The van der Waals surface area contributed by atoms with Crippen LogP contribution in [0.5, 0.6) is 0 Å². The van der Waals surface area contributed by atoms with E-state index in [4.69, 9.17) is 23.1 Å². The first-order chi connectivity index (χ1) is 7.70. The van der Waals surface area contributed by atoms with E-state index in [-0.39, 0.29) is 6.61 Å². The lowest BCUT2D eigenvalue weighted by Gasteiger charge is -2.17. The van der Waals surface area contributed by atoms with Gasteiger partial charge >= 0.3 is 0 Å². The Morgan fingerprint density at radius 2 is 2.44 bits per heavy atom. The minimum atomic E-state index is 0.259. The van der Waals surface area contributed by atoms with E-state index in [0.29, 0.717) is 16.6 Å². The smallest absolute Gasteiger partial charge is 0.122 e. The van der Waals surface area contributed by atoms with Crippen LogP contribution < -0.4 is 10.6 Å². The summed E-state index contributed by atoms with van der Waals surface area (Å²) in [5, 5.41) is 9.07. The first-order valence-electron chi connectivity index (χ1n) is 5.32. The van der Waals surface area contributed by atoms with Crippen molar-refractivity contribution in [2.75, 3.05) is 24.6 Å². The minimum Gasteiger partial charge on any atom is -0.396 e. The van der Waals surface area contributed by atoms with Gasteiger partial charge in [0.1, 0.15) is 4.99 Å². The zero-order valence-corrected chi connectivity index (χ0v) is 9.78. The molecule has 1 atom stereocenters. The third-order valence-corrected chi connectivity index (χ3v) is 3.12. The molecule has 1 saturated heterocycles. The maximum atomic E-state index is 9.07. The number of hydrogen-bond donors (Lipinski definition) is 2. The Kier molecular flexibility index (Phi) is 3.36. The fourth-order valence-corrected chi connectivity index (χ4v) is 2.06. The van der Waals surface area contributed by atoms with Crippen molar-refractivity contribution in [1.29, 1.82) is 0 Å². The Bertz CT molecular complexity index is 379. The van der Waals surface area contributed by atoms with Gasteiger partial charge in [0, 0.05) is 25.6 Å². The van der Waals surface area contributed by atoms with Crippen molar-refractivity contribution >= 4 is 22.9 Å². The summed E-state index contributed by atoms with van der Waals surface area (Å²) in [7, 11) is 0. The number of aliphatic hydroxyl groups is 1. The van der Waals surface area contributed by atoms with Crippen LogP contribution in [0.1, 0.15) is 12.1 Å². The lowest BCUT2D eigenvalue weighted by molar-refractivity contribution is 0.238. The number of hydrogen-bond acceptors (Lipinski definition) is 4. The molecular weight excluding hydrogens is 222 g/mol. The van der Waals surface area contributed by atoms with Crippen LogP contribution in [0.25, 0.3) is 0 Å². The van der Waals surface area contributed by atoms with Crippen molar-refractivity contribution in [2.24, 2.45) is 11.7 Å². The predicted molar refractivity (Wildman–Crippen MR) is 67.5 cm³/mol. The molecule has 4 nitrogen and oxygen atoms in total. The molecule has 2 heterocycles. The van der Waals surface area contributed by atoms with E-state index in [0.717, 1.165) is 25.2 Å². The Labute approximate surface area is 100 Å². The summed E-state index contributed by atoms with van der Waals surface area (Å²) in [6, 6.07) is 3.81. The van der Waals surface area contributed by atoms with E-state index >= 15 is 0 Å². The quantitative estimate of drug-likeness (QED) is 0.751. The van der Waals surface area contributed by atoms with E-state index in [2.05, 4.69) is 9.88 Å². The van der Waals surface area contributed by atoms with Gasteiger partial charge in [0.2, 0.25) is 0 Å². The van der Waals surface area contributed by atoms with Gasteiger partial charge in [0.15, 0.2) is 0 Å². The number of nitrogens with two attached hydrogens (primary N) is 1. The highest BCUT2D eigenvalue weighted by Gasteiger charge is 2.21. The molecular formula is C11H15N3OS. The van der Waals surface area contributed by atoms with Gasteiger partial charge in [-0.3, -0.25) is 4.98 Å². The van der Waals surface area contributed by atoms with Gasteiger partial charge in [-0.15, -0.1) is 0 Å². The monoisotopic (exact) mass is 237 g/mol. The molecule has 2 rings (SSSR count). The van der Waals surface area contributed by atoms with Gasteiger partial charge in [-0.25, -0.2) is 0 Å². The van der Waals surface area contributed by atoms with Gasteiger partial charge < -0.3 is 15.7 Å². The summed E-state index contributed by atoms with van der Waals surface area (Å²) in [6.45, 7) is 2.12. The number of thiocarbonyl (C=S) groups is 1. The number of rotatable bonds is 3. The highest BCUT2D eigenvalue weighted by Crippen LogP contribution is 2.22. The van der Waals surface area contributed by atoms with E-state index in [1.165, 1.54) is 0 Å². The number of anilines is 1. The van der Waals surface area contributed by atoms with E-state index in [9.17, 15) is 0 Å². The molecule has 1 aromatic rings. The fourth-order valence-electron chi connectivity index (χ4n) is 1.94. The first kappa shape index (κ1) is 11.3. The Balaban J connectivity index is 2.08. The second kappa shape index (κ2) is 4.76. The van der Waals surface area contributed by atoms with Crippen LogP contribution in [0, 0.1) is 5.92 Å². The van der Waals surface area contributed by atoms with Crippen molar-refractivity contribution in [2.45, 2.75) is 6.42 Å². The second-order valence-electron chi connectivity index (χ2n) is 4.05. The molecule has 1 aliphatic rings. The molecule has 0 saturated carbocycles. The zero-order chi connectivity index (χ0) is 11.5. The summed E-state index contributed by atoms with van der Waals surface area (Å²) in [5.41, 5.74) is 7.20. The van der Waals surface area contributed by atoms with Crippen LogP contribution in [-0.4, -0.2) is 34.8 Å². The topological polar surface area (TPSA) is 62.4 Å². The SMILES string of the molecule is NC(=S)c1ccc(N2CCC(CO)C2)cn1. The molecule has 5 heteroatoms. The molecule has 16 heavy (non-hydrogen) atoms. The summed E-state index contributed by atoms with van der Waals surface area (Å²) < 4.78 is 0. The second-order valence-corrected chi connectivity index (χ2v) is 4.49. The molecule has 1 aromatic heterocycles. The van der Waals surface area contributed by atoms with Crippen molar-refractivity contribution in [3.63, 3.8) is 0 Å². The maximum absolute atomic E-state index is 9.07. The average molecular weight is 237 g/mol. The molecule has 1 aliphatic heterocycles. The normalized spacial score (nSPS) is 20.1. The van der Waals surface area contributed by atoms with Crippen molar-refractivity contribution in [1.82, 2.24) is 4.98 Å². The Hall–Kier alpha value is -1.20. The summed E-state index contributed by atoms with van der Waals surface area (Å²) in [5.74, 6) is 0.385. The molecule has 0 amide bonds. The van der Waals surface area contributed by atoms with Crippen molar-refractivity contribution in [3.8, 4) is 0 Å². The van der Waals surface area contributed by atoms with Crippen LogP contribution in [-0.2, 0) is 0 Å². The standard InChI is InChI=1S/C11H15N3OS/c12-11(16)10-2-1-9(5-13-10)14-4-3-8(6-14)7-15/h1-2,5,8,15H,3-4,6-7H2,(H2,12,16). The molecule has 3 N–H and O–H groups in total. The van der Waals surface area contributed by atoms with Crippen LogP contribution in [0.3, 0.4) is 0 Å². The molecule has 0 spiro atoms. The van der Waals surface area contributed by atoms with Crippen LogP contribution in [0.15, 0.2) is 18.3 Å². The number of aliphatic hydroxyl groups excluding tert-OH is 1. The first-order valence-corrected chi connectivity index (χ1v) is 5.73. The predicted octanol–water partition coefficient (Wildman–Crippen LogP) is 0.534.